The Morgan fingerprint density at radius 1 is 0.964 bits per heavy atom. The van der Waals surface area contributed by atoms with E-state index in [4.69, 9.17) is 11.6 Å². The molecule has 2 amide bonds. The van der Waals surface area contributed by atoms with Gasteiger partial charge in [-0.15, -0.1) is 0 Å². The van der Waals surface area contributed by atoms with E-state index >= 15 is 0 Å². The summed E-state index contributed by atoms with van der Waals surface area (Å²) in [5.74, 6) is -0.133. The maximum absolute atomic E-state index is 12.4. The number of nitrogens with zero attached hydrogens (tertiary/aromatic N) is 2. The highest BCUT2D eigenvalue weighted by atomic mass is 35.5. The van der Waals surface area contributed by atoms with Gasteiger partial charge in [0.15, 0.2) is 0 Å². The van der Waals surface area contributed by atoms with Crippen molar-refractivity contribution < 1.29 is 9.59 Å². The molecule has 146 valence electrons. The molecule has 1 saturated heterocycles. The molecule has 0 aromatic heterocycles. The molecular formula is C22H24ClN3O2. The first kappa shape index (κ1) is 20.0. The summed E-state index contributed by atoms with van der Waals surface area (Å²) < 4.78 is 0. The molecule has 28 heavy (non-hydrogen) atoms. The molecule has 0 bridgehead atoms. The van der Waals surface area contributed by atoms with E-state index in [1.54, 1.807) is 18.2 Å². The van der Waals surface area contributed by atoms with E-state index in [-0.39, 0.29) is 11.8 Å². The minimum atomic E-state index is -0.211. The van der Waals surface area contributed by atoms with Crippen LogP contribution in [0.25, 0.3) is 6.08 Å². The van der Waals surface area contributed by atoms with Crippen LogP contribution in [0.2, 0.25) is 5.02 Å². The number of nitrogens with one attached hydrogen (secondary N) is 1. The van der Waals surface area contributed by atoms with Crippen LogP contribution in [0.15, 0.2) is 60.7 Å². The van der Waals surface area contributed by atoms with Crippen molar-refractivity contribution in [3.05, 3.63) is 71.3 Å². The van der Waals surface area contributed by atoms with E-state index < -0.39 is 0 Å². The van der Waals surface area contributed by atoms with Crippen LogP contribution in [-0.2, 0) is 9.59 Å². The second-order valence-electron chi connectivity index (χ2n) is 6.63. The molecule has 0 unspecified atom stereocenters. The van der Waals surface area contributed by atoms with Gasteiger partial charge in [-0.3, -0.25) is 9.59 Å². The van der Waals surface area contributed by atoms with Crippen molar-refractivity contribution in [3.63, 3.8) is 0 Å². The number of carbonyl (C=O) groups is 2. The first-order chi connectivity index (χ1) is 13.6. The third kappa shape index (κ3) is 5.86. The van der Waals surface area contributed by atoms with E-state index in [0.717, 1.165) is 18.7 Å². The van der Waals surface area contributed by atoms with Crippen LogP contribution >= 0.6 is 11.6 Å². The summed E-state index contributed by atoms with van der Waals surface area (Å²) in [4.78, 5) is 28.4. The molecule has 0 saturated carbocycles. The van der Waals surface area contributed by atoms with Crippen molar-refractivity contribution in [2.45, 2.75) is 6.42 Å². The first-order valence-electron chi connectivity index (χ1n) is 9.41. The van der Waals surface area contributed by atoms with Crippen LogP contribution in [0, 0.1) is 0 Å². The largest absolute Gasteiger partial charge is 0.368 e. The average molecular weight is 398 g/mol. The maximum atomic E-state index is 12.4. The molecule has 0 aliphatic carbocycles. The van der Waals surface area contributed by atoms with E-state index in [1.165, 1.54) is 11.8 Å². The lowest BCUT2D eigenvalue weighted by molar-refractivity contribution is -0.131. The highest BCUT2D eigenvalue weighted by Crippen LogP contribution is 2.15. The monoisotopic (exact) mass is 397 g/mol. The molecule has 1 aliphatic heterocycles. The molecule has 2 aromatic rings. The fraction of sp³-hybridized carbons (Fsp3) is 0.273. The molecule has 2 aromatic carbocycles. The summed E-state index contributed by atoms with van der Waals surface area (Å²) in [6.45, 7) is 3.40. The average Bonchev–Trinajstić information content (AvgIpc) is 2.74. The van der Waals surface area contributed by atoms with Gasteiger partial charge in [0.25, 0.3) is 0 Å². The third-order valence-corrected chi connectivity index (χ3v) is 4.94. The van der Waals surface area contributed by atoms with E-state index in [9.17, 15) is 9.59 Å². The summed E-state index contributed by atoms with van der Waals surface area (Å²) in [6, 6.07) is 17.4. The minimum absolute atomic E-state index is 0.0784. The van der Waals surface area contributed by atoms with Gasteiger partial charge in [-0.1, -0.05) is 41.9 Å². The Hall–Kier alpha value is -2.79. The van der Waals surface area contributed by atoms with Crippen molar-refractivity contribution in [2.75, 3.05) is 37.6 Å². The summed E-state index contributed by atoms with van der Waals surface area (Å²) in [6.07, 6.45) is 3.49. The fourth-order valence-electron chi connectivity index (χ4n) is 3.11. The number of halogens is 1. The smallest absolute Gasteiger partial charge is 0.244 e. The zero-order valence-electron chi connectivity index (χ0n) is 15.7. The lowest BCUT2D eigenvalue weighted by atomic mass is 10.2. The third-order valence-electron chi connectivity index (χ3n) is 4.69. The molecule has 6 heteroatoms. The molecule has 1 heterocycles. The van der Waals surface area contributed by atoms with Gasteiger partial charge < -0.3 is 15.1 Å². The predicted octanol–water partition coefficient (Wildman–Crippen LogP) is 3.21. The minimum Gasteiger partial charge on any atom is -0.368 e. The SMILES string of the molecule is O=C(/C=C/c1ccc(Cl)cc1)NCCC(=O)N1CCN(c2ccccc2)CC1. The van der Waals surface area contributed by atoms with Crippen molar-refractivity contribution in [2.24, 2.45) is 0 Å². The van der Waals surface area contributed by atoms with Crippen molar-refractivity contribution in [3.8, 4) is 0 Å². The van der Waals surface area contributed by atoms with E-state index in [2.05, 4.69) is 22.3 Å². The number of para-hydroxylation sites is 1. The van der Waals surface area contributed by atoms with Crippen LogP contribution in [0.4, 0.5) is 5.69 Å². The van der Waals surface area contributed by atoms with Gasteiger partial charge in [-0.25, -0.2) is 0 Å². The molecule has 5 nitrogen and oxygen atoms in total. The zero-order chi connectivity index (χ0) is 19.8. The normalized spacial score (nSPS) is 14.3. The van der Waals surface area contributed by atoms with Gasteiger partial charge in [-0.2, -0.15) is 0 Å². The number of piperazine rings is 1. The van der Waals surface area contributed by atoms with Gasteiger partial charge in [0, 0.05) is 55.9 Å². The first-order valence-corrected chi connectivity index (χ1v) is 9.79. The fourth-order valence-corrected chi connectivity index (χ4v) is 3.23. The van der Waals surface area contributed by atoms with Crippen LogP contribution in [0.5, 0.6) is 0 Å². The number of amides is 2. The van der Waals surface area contributed by atoms with Gasteiger partial charge in [-0.05, 0) is 35.9 Å². The second-order valence-corrected chi connectivity index (χ2v) is 7.07. The Balaban J connectivity index is 1.36. The maximum Gasteiger partial charge on any atom is 0.244 e. The standard InChI is InChI=1S/C22H24ClN3O2/c23-19-9-6-18(7-10-19)8-11-21(27)24-13-12-22(28)26-16-14-25(15-17-26)20-4-2-1-3-5-20/h1-11H,12-17H2,(H,24,27)/b11-8+. The predicted molar refractivity (Wildman–Crippen MR) is 113 cm³/mol. The highest BCUT2D eigenvalue weighted by Gasteiger charge is 2.20. The van der Waals surface area contributed by atoms with Crippen LogP contribution in [0.3, 0.4) is 0 Å². The second kappa shape index (κ2) is 9.95. The number of hydrogen-bond acceptors (Lipinski definition) is 3. The topological polar surface area (TPSA) is 52.7 Å². The van der Waals surface area contributed by atoms with Crippen molar-refractivity contribution >= 4 is 35.2 Å². The molecule has 3 rings (SSSR count). The summed E-state index contributed by atoms with van der Waals surface area (Å²) in [7, 11) is 0. The molecule has 0 atom stereocenters. The van der Waals surface area contributed by atoms with E-state index in [1.807, 2.05) is 35.2 Å². The van der Waals surface area contributed by atoms with Gasteiger partial charge in [0.1, 0.15) is 0 Å². The Morgan fingerprint density at radius 3 is 2.32 bits per heavy atom. The quantitative estimate of drug-likeness (QED) is 0.761. The number of rotatable bonds is 6. The molecule has 0 radical (unpaired) electrons. The van der Waals surface area contributed by atoms with Gasteiger partial charge >= 0.3 is 0 Å². The molecule has 1 aliphatic rings. The van der Waals surface area contributed by atoms with Crippen LogP contribution in [-0.4, -0.2) is 49.4 Å². The molecule has 1 N–H and O–H groups in total. The lowest BCUT2D eigenvalue weighted by Gasteiger charge is -2.36. The Labute approximate surface area is 170 Å². The number of carbonyl (C=O) groups excluding carboxylic acids is 2. The molecule has 1 fully saturated rings. The van der Waals surface area contributed by atoms with Crippen molar-refractivity contribution in [1.29, 1.82) is 0 Å². The Bertz CT molecular complexity index is 813. The lowest BCUT2D eigenvalue weighted by Crippen LogP contribution is -2.49. The Kier molecular flexibility index (Phi) is 7.09. The van der Waals surface area contributed by atoms with E-state index in [0.29, 0.717) is 31.1 Å². The van der Waals surface area contributed by atoms with Crippen LogP contribution < -0.4 is 10.2 Å². The molecular weight excluding hydrogens is 374 g/mol. The number of benzene rings is 2. The summed E-state index contributed by atoms with van der Waals surface area (Å²) >= 11 is 5.83. The zero-order valence-corrected chi connectivity index (χ0v) is 16.4. The molecule has 0 spiro atoms. The summed E-state index contributed by atoms with van der Waals surface area (Å²) in [5.41, 5.74) is 2.08. The van der Waals surface area contributed by atoms with Gasteiger partial charge in [0.05, 0.1) is 0 Å². The Morgan fingerprint density at radius 2 is 1.64 bits per heavy atom. The van der Waals surface area contributed by atoms with Crippen LogP contribution in [0.1, 0.15) is 12.0 Å². The summed E-state index contributed by atoms with van der Waals surface area (Å²) in [5, 5.41) is 3.42. The number of anilines is 1. The number of hydrogen-bond donors (Lipinski definition) is 1. The van der Waals surface area contributed by atoms with Crippen molar-refractivity contribution in [1.82, 2.24) is 10.2 Å². The highest BCUT2D eigenvalue weighted by molar-refractivity contribution is 6.30. The van der Waals surface area contributed by atoms with Gasteiger partial charge in [0.2, 0.25) is 11.8 Å².